The van der Waals surface area contributed by atoms with Crippen LogP contribution in [0.15, 0.2) is 18.5 Å². The van der Waals surface area contributed by atoms with Gasteiger partial charge in [0.05, 0.1) is 31.1 Å². The molecule has 4 heteroatoms. The molecule has 2 atom stereocenters. The lowest BCUT2D eigenvalue weighted by molar-refractivity contribution is -0.102. The molecule has 18 heavy (non-hydrogen) atoms. The predicted octanol–water partition coefficient (Wildman–Crippen LogP) is 2.26. The van der Waals surface area contributed by atoms with Gasteiger partial charge < -0.3 is 14.6 Å². The van der Waals surface area contributed by atoms with E-state index in [1.807, 2.05) is 13.0 Å². The zero-order valence-electron chi connectivity index (χ0n) is 11.1. The monoisotopic (exact) mass is 251 g/mol. The number of aliphatic hydroxyl groups is 1. The third kappa shape index (κ3) is 3.00. The number of hydrogen-bond acceptors (Lipinski definition) is 4. The second kappa shape index (κ2) is 5.67. The standard InChI is InChI=1S/C14H21NO3/c1-3-5-18-13-7-12(9-15-10-13)14(16)4-6-17-11(2)8-14/h7,9-11,16H,3-6,8H2,1-2H3. The number of ether oxygens (including phenoxy) is 2. The summed E-state index contributed by atoms with van der Waals surface area (Å²) in [6.45, 7) is 5.29. The van der Waals surface area contributed by atoms with Crippen LogP contribution in [0.5, 0.6) is 5.75 Å². The molecule has 0 saturated carbocycles. The Kier molecular flexibility index (Phi) is 4.19. The van der Waals surface area contributed by atoms with E-state index < -0.39 is 5.60 Å². The van der Waals surface area contributed by atoms with Gasteiger partial charge in [-0.1, -0.05) is 6.92 Å². The topological polar surface area (TPSA) is 51.6 Å². The molecule has 0 aromatic carbocycles. The van der Waals surface area contributed by atoms with E-state index in [0.29, 0.717) is 26.1 Å². The highest BCUT2D eigenvalue weighted by molar-refractivity contribution is 5.28. The van der Waals surface area contributed by atoms with Crippen LogP contribution in [0.4, 0.5) is 0 Å². The highest BCUT2D eigenvalue weighted by atomic mass is 16.5. The molecule has 1 aromatic rings. The number of rotatable bonds is 4. The summed E-state index contributed by atoms with van der Waals surface area (Å²) < 4.78 is 11.0. The molecule has 1 fully saturated rings. The average Bonchev–Trinajstić information content (AvgIpc) is 2.36. The zero-order valence-corrected chi connectivity index (χ0v) is 11.1. The number of nitrogens with zero attached hydrogens (tertiary/aromatic N) is 1. The van der Waals surface area contributed by atoms with Crippen LogP contribution in [0, 0.1) is 0 Å². The summed E-state index contributed by atoms with van der Waals surface area (Å²) in [4.78, 5) is 4.16. The molecule has 0 amide bonds. The van der Waals surface area contributed by atoms with Gasteiger partial charge in [0.1, 0.15) is 5.75 Å². The fourth-order valence-electron chi connectivity index (χ4n) is 2.30. The molecular formula is C14H21NO3. The Bertz CT molecular complexity index is 396. The van der Waals surface area contributed by atoms with Gasteiger partial charge in [-0.15, -0.1) is 0 Å². The SMILES string of the molecule is CCCOc1cncc(C2(O)CCOC(C)C2)c1. The summed E-state index contributed by atoms with van der Waals surface area (Å²) in [5.41, 5.74) is -0.0118. The first-order valence-corrected chi connectivity index (χ1v) is 6.56. The van der Waals surface area contributed by atoms with Gasteiger partial charge in [0, 0.05) is 24.6 Å². The van der Waals surface area contributed by atoms with Crippen LogP contribution in [0.3, 0.4) is 0 Å². The van der Waals surface area contributed by atoms with Crippen molar-refractivity contribution in [3.8, 4) is 5.75 Å². The summed E-state index contributed by atoms with van der Waals surface area (Å²) in [5, 5.41) is 10.7. The van der Waals surface area contributed by atoms with Gasteiger partial charge >= 0.3 is 0 Å². The smallest absolute Gasteiger partial charge is 0.137 e. The van der Waals surface area contributed by atoms with Crippen molar-refractivity contribution in [3.63, 3.8) is 0 Å². The molecule has 0 spiro atoms. The van der Waals surface area contributed by atoms with Crippen LogP contribution in [-0.2, 0) is 10.3 Å². The maximum Gasteiger partial charge on any atom is 0.137 e. The molecule has 1 aliphatic rings. The fraction of sp³-hybridized carbons (Fsp3) is 0.643. The molecule has 2 rings (SSSR count). The Morgan fingerprint density at radius 2 is 2.39 bits per heavy atom. The molecule has 4 nitrogen and oxygen atoms in total. The third-order valence-corrected chi connectivity index (χ3v) is 3.27. The van der Waals surface area contributed by atoms with Crippen molar-refractivity contribution in [2.75, 3.05) is 13.2 Å². The Labute approximate surface area is 108 Å². The molecule has 0 radical (unpaired) electrons. The van der Waals surface area contributed by atoms with Crippen molar-refractivity contribution in [2.24, 2.45) is 0 Å². The minimum absolute atomic E-state index is 0.0731. The van der Waals surface area contributed by atoms with E-state index in [1.165, 1.54) is 0 Å². The lowest BCUT2D eigenvalue weighted by atomic mass is 9.85. The second-order valence-electron chi connectivity index (χ2n) is 4.92. The summed E-state index contributed by atoms with van der Waals surface area (Å²) in [5.74, 6) is 0.724. The Balaban J connectivity index is 2.16. The average molecular weight is 251 g/mol. The number of hydrogen-bond donors (Lipinski definition) is 1. The predicted molar refractivity (Wildman–Crippen MR) is 68.6 cm³/mol. The van der Waals surface area contributed by atoms with Crippen molar-refractivity contribution >= 4 is 0 Å². The summed E-state index contributed by atoms with van der Waals surface area (Å²) in [7, 11) is 0. The molecule has 1 aliphatic heterocycles. The minimum atomic E-state index is -0.837. The third-order valence-electron chi connectivity index (χ3n) is 3.27. The second-order valence-corrected chi connectivity index (χ2v) is 4.92. The molecule has 0 bridgehead atoms. The van der Waals surface area contributed by atoms with Gasteiger partial charge in [-0.25, -0.2) is 0 Å². The molecule has 1 saturated heterocycles. The van der Waals surface area contributed by atoms with E-state index in [2.05, 4.69) is 11.9 Å². The fourth-order valence-corrected chi connectivity index (χ4v) is 2.30. The normalized spacial score (nSPS) is 28.1. The van der Waals surface area contributed by atoms with E-state index in [0.717, 1.165) is 17.7 Å². The van der Waals surface area contributed by atoms with Gasteiger partial charge in [-0.2, -0.15) is 0 Å². The van der Waals surface area contributed by atoms with E-state index in [9.17, 15) is 5.11 Å². The summed E-state index contributed by atoms with van der Waals surface area (Å²) >= 11 is 0. The van der Waals surface area contributed by atoms with Crippen molar-refractivity contribution in [1.82, 2.24) is 4.98 Å². The van der Waals surface area contributed by atoms with Crippen LogP contribution >= 0.6 is 0 Å². The van der Waals surface area contributed by atoms with Gasteiger partial charge in [0.15, 0.2) is 0 Å². The largest absolute Gasteiger partial charge is 0.492 e. The first-order chi connectivity index (χ1) is 8.64. The molecular weight excluding hydrogens is 230 g/mol. The van der Waals surface area contributed by atoms with Crippen molar-refractivity contribution < 1.29 is 14.6 Å². The Morgan fingerprint density at radius 3 is 3.11 bits per heavy atom. The van der Waals surface area contributed by atoms with E-state index in [1.54, 1.807) is 12.4 Å². The van der Waals surface area contributed by atoms with Gasteiger partial charge in [-0.3, -0.25) is 4.98 Å². The van der Waals surface area contributed by atoms with Crippen LogP contribution < -0.4 is 4.74 Å². The zero-order chi connectivity index (χ0) is 13.0. The minimum Gasteiger partial charge on any atom is -0.492 e. The molecule has 1 aromatic heterocycles. The highest BCUT2D eigenvalue weighted by Crippen LogP contribution is 2.35. The lowest BCUT2D eigenvalue weighted by Crippen LogP contribution is -2.37. The first-order valence-electron chi connectivity index (χ1n) is 6.56. The Hall–Kier alpha value is -1.13. The molecule has 0 aliphatic carbocycles. The van der Waals surface area contributed by atoms with Crippen LogP contribution in [0.2, 0.25) is 0 Å². The first kappa shape index (κ1) is 13.3. The summed E-state index contributed by atoms with van der Waals surface area (Å²) in [6.07, 6.45) is 5.65. The van der Waals surface area contributed by atoms with Gasteiger partial charge in [-0.05, 0) is 19.4 Å². The maximum atomic E-state index is 10.7. The van der Waals surface area contributed by atoms with Gasteiger partial charge in [0.2, 0.25) is 0 Å². The van der Waals surface area contributed by atoms with Crippen molar-refractivity contribution in [2.45, 2.75) is 44.8 Å². The molecule has 2 heterocycles. The maximum absolute atomic E-state index is 10.7. The van der Waals surface area contributed by atoms with Crippen molar-refractivity contribution in [3.05, 3.63) is 24.0 Å². The summed E-state index contributed by atoms with van der Waals surface area (Å²) in [6, 6.07) is 1.89. The molecule has 2 unspecified atom stereocenters. The van der Waals surface area contributed by atoms with E-state index >= 15 is 0 Å². The van der Waals surface area contributed by atoms with Crippen LogP contribution in [0.1, 0.15) is 38.7 Å². The quantitative estimate of drug-likeness (QED) is 0.891. The van der Waals surface area contributed by atoms with E-state index in [4.69, 9.17) is 9.47 Å². The molecule has 1 N–H and O–H groups in total. The molecule has 100 valence electrons. The Morgan fingerprint density at radius 1 is 1.56 bits per heavy atom. The lowest BCUT2D eigenvalue weighted by Gasteiger charge is -2.35. The van der Waals surface area contributed by atoms with Gasteiger partial charge in [0.25, 0.3) is 0 Å². The van der Waals surface area contributed by atoms with Crippen LogP contribution in [-0.4, -0.2) is 29.4 Å². The van der Waals surface area contributed by atoms with Crippen LogP contribution in [0.25, 0.3) is 0 Å². The number of pyridine rings is 1. The van der Waals surface area contributed by atoms with Crippen molar-refractivity contribution in [1.29, 1.82) is 0 Å². The number of aromatic nitrogens is 1. The highest BCUT2D eigenvalue weighted by Gasteiger charge is 2.35. The van der Waals surface area contributed by atoms with E-state index in [-0.39, 0.29) is 6.10 Å².